The van der Waals surface area contributed by atoms with Crippen LogP contribution in [0.5, 0.6) is 0 Å². The molecule has 3 aromatic heterocycles. The van der Waals surface area contributed by atoms with Crippen LogP contribution >= 0.6 is 11.3 Å². The second kappa shape index (κ2) is 4.58. The summed E-state index contributed by atoms with van der Waals surface area (Å²) in [7, 11) is 0. The first-order valence-corrected chi connectivity index (χ1v) is 6.29. The van der Waals surface area contributed by atoms with Gasteiger partial charge in [-0.3, -0.25) is 4.79 Å². The third-order valence-corrected chi connectivity index (χ3v) is 3.14. The van der Waals surface area contributed by atoms with Gasteiger partial charge in [-0.25, -0.2) is 0 Å². The molecule has 0 fully saturated rings. The topological polar surface area (TPSA) is 71.8 Å². The monoisotopic (exact) mass is 259 g/mol. The number of H-pyrrole nitrogens is 1. The summed E-state index contributed by atoms with van der Waals surface area (Å²) in [5, 5.41) is 7.94. The number of nitrogens with one attached hydrogen (secondary N) is 1. The number of pyridine rings is 1. The number of hydrogen-bond acceptors (Lipinski definition) is 5. The molecule has 6 heteroatoms. The van der Waals surface area contributed by atoms with Gasteiger partial charge >= 0.3 is 0 Å². The van der Waals surface area contributed by atoms with Crippen LogP contribution in [-0.4, -0.2) is 15.1 Å². The largest absolute Gasteiger partial charge is 0.332 e. The van der Waals surface area contributed by atoms with E-state index in [1.807, 2.05) is 16.8 Å². The molecule has 0 aliphatic rings. The standard InChI is InChI=1S/C12H9N3O2S/c16-11-3-1-2-9(13-11)12-14-10(15-17-12)6-8-4-5-18-7-8/h1-5,7H,6H2,(H,13,16). The van der Waals surface area contributed by atoms with E-state index in [4.69, 9.17) is 4.52 Å². The Morgan fingerprint density at radius 1 is 1.33 bits per heavy atom. The van der Waals surface area contributed by atoms with Crippen LogP contribution in [0.1, 0.15) is 11.4 Å². The van der Waals surface area contributed by atoms with Gasteiger partial charge in [-0.2, -0.15) is 16.3 Å². The van der Waals surface area contributed by atoms with E-state index in [1.165, 1.54) is 6.07 Å². The summed E-state index contributed by atoms with van der Waals surface area (Å²) >= 11 is 1.63. The Morgan fingerprint density at radius 3 is 3.06 bits per heavy atom. The van der Waals surface area contributed by atoms with Crippen molar-refractivity contribution in [3.05, 3.63) is 56.8 Å². The summed E-state index contributed by atoms with van der Waals surface area (Å²) < 4.78 is 5.13. The maximum Gasteiger partial charge on any atom is 0.274 e. The quantitative estimate of drug-likeness (QED) is 0.781. The number of aromatic amines is 1. The molecule has 18 heavy (non-hydrogen) atoms. The van der Waals surface area contributed by atoms with E-state index in [2.05, 4.69) is 15.1 Å². The second-order valence-electron chi connectivity index (χ2n) is 3.75. The number of thiophene rings is 1. The molecule has 1 N–H and O–H groups in total. The van der Waals surface area contributed by atoms with E-state index >= 15 is 0 Å². The lowest BCUT2D eigenvalue weighted by molar-refractivity contribution is 0.422. The predicted octanol–water partition coefficient (Wildman–Crippen LogP) is 2.08. The van der Waals surface area contributed by atoms with Gasteiger partial charge in [0.2, 0.25) is 5.56 Å². The van der Waals surface area contributed by atoms with Crippen molar-refractivity contribution in [3.8, 4) is 11.6 Å². The van der Waals surface area contributed by atoms with Crippen LogP contribution in [0.4, 0.5) is 0 Å². The highest BCUT2D eigenvalue weighted by Gasteiger charge is 2.09. The molecule has 0 amide bonds. The van der Waals surface area contributed by atoms with E-state index in [-0.39, 0.29) is 5.56 Å². The molecule has 0 aliphatic carbocycles. The Morgan fingerprint density at radius 2 is 2.28 bits per heavy atom. The van der Waals surface area contributed by atoms with Crippen molar-refractivity contribution in [2.24, 2.45) is 0 Å². The predicted molar refractivity (Wildman–Crippen MR) is 67.5 cm³/mol. The molecule has 0 bridgehead atoms. The van der Waals surface area contributed by atoms with Gasteiger partial charge in [0.05, 0.1) is 0 Å². The average molecular weight is 259 g/mol. The molecule has 90 valence electrons. The normalized spacial score (nSPS) is 10.7. The molecule has 3 rings (SSSR count). The second-order valence-corrected chi connectivity index (χ2v) is 4.53. The van der Waals surface area contributed by atoms with E-state index in [9.17, 15) is 4.79 Å². The highest BCUT2D eigenvalue weighted by Crippen LogP contribution is 2.15. The molecule has 0 aliphatic heterocycles. The number of aromatic nitrogens is 3. The maximum atomic E-state index is 11.2. The minimum Gasteiger partial charge on any atom is -0.332 e. The van der Waals surface area contributed by atoms with Gasteiger partial charge in [0.15, 0.2) is 5.82 Å². The zero-order valence-corrected chi connectivity index (χ0v) is 10.1. The first kappa shape index (κ1) is 10.9. The summed E-state index contributed by atoms with van der Waals surface area (Å²) in [6.07, 6.45) is 0.629. The summed E-state index contributed by atoms with van der Waals surface area (Å²) in [5.41, 5.74) is 1.49. The molecule has 0 unspecified atom stereocenters. The molecule has 0 spiro atoms. The zero-order valence-electron chi connectivity index (χ0n) is 9.29. The number of nitrogens with zero attached hydrogens (tertiary/aromatic N) is 2. The fourth-order valence-corrected chi connectivity index (χ4v) is 2.25. The van der Waals surface area contributed by atoms with E-state index in [0.29, 0.717) is 23.8 Å². The van der Waals surface area contributed by atoms with Crippen LogP contribution < -0.4 is 5.56 Å². The van der Waals surface area contributed by atoms with Crippen molar-refractivity contribution in [2.75, 3.05) is 0 Å². The summed E-state index contributed by atoms with van der Waals surface area (Å²) in [6.45, 7) is 0. The lowest BCUT2D eigenvalue weighted by atomic mass is 10.2. The molecule has 0 saturated heterocycles. The Hall–Kier alpha value is -2.21. The first-order valence-electron chi connectivity index (χ1n) is 5.34. The molecule has 0 radical (unpaired) electrons. The Balaban J connectivity index is 1.87. The van der Waals surface area contributed by atoms with Crippen molar-refractivity contribution in [2.45, 2.75) is 6.42 Å². The van der Waals surface area contributed by atoms with Crippen LogP contribution in [0, 0.1) is 0 Å². The van der Waals surface area contributed by atoms with E-state index in [0.717, 1.165) is 5.56 Å². The van der Waals surface area contributed by atoms with Gasteiger partial charge in [-0.1, -0.05) is 11.2 Å². The highest BCUT2D eigenvalue weighted by atomic mass is 32.1. The third-order valence-electron chi connectivity index (χ3n) is 2.41. The Labute approximate surface area is 106 Å². The van der Waals surface area contributed by atoms with E-state index < -0.39 is 0 Å². The van der Waals surface area contributed by atoms with Crippen LogP contribution in [0.3, 0.4) is 0 Å². The molecule has 0 saturated carbocycles. The Kier molecular flexibility index (Phi) is 2.77. The fourth-order valence-electron chi connectivity index (χ4n) is 1.58. The third kappa shape index (κ3) is 2.23. The molecule has 5 nitrogen and oxygen atoms in total. The lowest BCUT2D eigenvalue weighted by Crippen LogP contribution is -2.03. The molecular formula is C12H9N3O2S. The van der Waals surface area contributed by atoms with Crippen molar-refractivity contribution >= 4 is 11.3 Å². The van der Waals surface area contributed by atoms with Crippen molar-refractivity contribution in [3.63, 3.8) is 0 Å². The first-order chi connectivity index (χ1) is 8.81. The van der Waals surface area contributed by atoms with Gasteiger partial charge < -0.3 is 9.51 Å². The van der Waals surface area contributed by atoms with Gasteiger partial charge in [0.1, 0.15) is 5.69 Å². The van der Waals surface area contributed by atoms with E-state index in [1.54, 1.807) is 23.5 Å². The van der Waals surface area contributed by atoms with Crippen molar-refractivity contribution in [1.82, 2.24) is 15.1 Å². The Bertz CT molecular complexity index is 700. The highest BCUT2D eigenvalue weighted by molar-refractivity contribution is 7.07. The minimum absolute atomic E-state index is 0.190. The van der Waals surface area contributed by atoms with Crippen LogP contribution in [-0.2, 0) is 6.42 Å². The molecule has 3 heterocycles. The number of hydrogen-bond donors (Lipinski definition) is 1. The zero-order chi connectivity index (χ0) is 12.4. The van der Waals surface area contributed by atoms with Gasteiger partial charge in [-0.05, 0) is 28.5 Å². The lowest BCUT2D eigenvalue weighted by Gasteiger charge is -1.91. The molecule has 0 aromatic carbocycles. The maximum absolute atomic E-state index is 11.2. The fraction of sp³-hybridized carbons (Fsp3) is 0.0833. The molecule has 0 atom stereocenters. The molecule has 3 aromatic rings. The van der Waals surface area contributed by atoms with Gasteiger partial charge in [0, 0.05) is 12.5 Å². The summed E-state index contributed by atoms with van der Waals surface area (Å²) in [4.78, 5) is 18.1. The summed E-state index contributed by atoms with van der Waals surface area (Å²) in [5.74, 6) is 0.936. The van der Waals surface area contributed by atoms with Crippen molar-refractivity contribution < 1.29 is 4.52 Å². The van der Waals surface area contributed by atoms with Gasteiger partial charge in [-0.15, -0.1) is 0 Å². The van der Waals surface area contributed by atoms with Crippen LogP contribution in [0.15, 0.2) is 44.3 Å². The van der Waals surface area contributed by atoms with Crippen LogP contribution in [0.25, 0.3) is 11.6 Å². The number of rotatable bonds is 3. The molecular weight excluding hydrogens is 250 g/mol. The van der Waals surface area contributed by atoms with Gasteiger partial charge in [0.25, 0.3) is 5.89 Å². The SMILES string of the molecule is O=c1cccc(-c2nc(Cc3ccsc3)no2)[nH]1. The smallest absolute Gasteiger partial charge is 0.274 e. The van der Waals surface area contributed by atoms with Crippen LogP contribution in [0.2, 0.25) is 0 Å². The summed E-state index contributed by atoms with van der Waals surface area (Å²) in [6, 6.07) is 6.83. The minimum atomic E-state index is -0.190. The van der Waals surface area contributed by atoms with Crippen molar-refractivity contribution in [1.29, 1.82) is 0 Å². The average Bonchev–Trinajstić information content (AvgIpc) is 3.01.